The van der Waals surface area contributed by atoms with Crippen molar-refractivity contribution in [2.45, 2.75) is 13.3 Å². The third-order valence-corrected chi connectivity index (χ3v) is 3.27. The van der Waals surface area contributed by atoms with Crippen molar-refractivity contribution in [1.82, 2.24) is 9.38 Å². The Morgan fingerprint density at radius 2 is 1.88 bits per heavy atom. The number of aryl methyl sites for hydroxylation is 1. The first-order valence-electron chi connectivity index (χ1n) is 6.94. The van der Waals surface area contributed by atoms with E-state index in [0.29, 0.717) is 22.7 Å². The number of imidazole rings is 1. The number of ether oxygens (including phenoxy) is 1. The van der Waals surface area contributed by atoms with Gasteiger partial charge in [-0.2, -0.15) is 0 Å². The van der Waals surface area contributed by atoms with Crippen molar-refractivity contribution in [3.8, 4) is 5.75 Å². The molecule has 0 aliphatic rings. The minimum absolute atomic E-state index is 0.347. The maximum atomic E-state index is 12.4. The van der Waals surface area contributed by atoms with Gasteiger partial charge in [-0.3, -0.25) is 9.20 Å². The quantitative estimate of drug-likeness (QED) is 0.792. The fourth-order valence-electron chi connectivity index (χ4n) is 2.32. The van der Waals surface area contributed by atoms with E-state index in [-0.39, 0.29) is 5.75 Å². The van der Waals surface area contributed by atoms with Crippen LogP contribution in [0, 0.1) is 6.92 Å². The molecule has 0 spiro atoms. The van der Waals surface area contributed by atoms with Crippen molar-refractivity contribution in [2.75, 3.05) is 5.32 Å². The summed E-state index contributed by atoms with van der Waals surface area (Å²) >= 11 is 0. The number of halogens is 3. The molecule has 1 amide bonds. The predicted octanol–water partition coefficient (Wildman–Crippen LogP) is 3.79. The lowest BCUT2D eigenvalue weighted by atomic mass is 10.2. The van der Waals surface area contributed by atoms with Crippen molar-refractivity contribution in [3.63, 3.8) is 0 Å². The van der Waals surface area contributed by atoms with E-state index >= 15 is 0 Å². The molecule has 1 N–H and O–H groups in total. The Labute approximate surface area is 134 Å². The Kier molecular flexibility index (Phi) is 3.88. The number of nitrogens with zero attached hydrogens (tertiary/aromatic N) is 2. The topological polar surface area (TPSA) is 55.6 Å². The third kappa shape index (κ3) is 3.32. The SMILES string of the molecule is Cc1nc2ccccn2c1C(=O)Nc1ccc(OC(F)(F)F)cc1. The zero-order valence-corrected chi connectivity index (χ0v) is 12.5. The van der Waals surface area contributed by atoms with Gasteiger partial charge < -0.3 is 10.1 Å². The lowest BCUT2D eigenvalue weighted by Crippen LogP contribution is -2.17. The number of benzene rings is 1. The van der Waals surface area contributed by atoms with Crippen LogP contribution in [0.2, 0.25) is 0 Å². The van der Waals surface area contributed by atoms with Crippen LogP contribution < -0.4 is 10.1 Å². The number of alkyl halides is 3. The van der Waals surface area contributed by atoms with Crippen LogP contribution in [0.15, 0.2) is 48.7 Å². The molecule has 3 aromatic rings. The number of pyridine rings is 1. The molecule has 24 heavy (non-hydrogen) atoms. The van der Waals surface area contributed by atoms with Crippen LogP contribution in [0.3, 0.4) is 0 Å². The van der Waals surface area contributed by atoms with Gasteiger partial charge in [0.2, 0.25) is 0 Å². The van der Waals surface area contributed by atoms with Gasteiger partial charge in [0.15, 0.2) is 0 Å². The summed E-state index contributed by atoms with van der Waals surface area (Å²) in [5.74, 6) is -0.762. The molecule has 124 valence electrons. The van der Waals surface area contributed by atoms with Gasteiger partial charge in [0, 0.05) is 11.9 Å². The van der Waals surface area contributed by atoms with Gasteiger partial charge >= 0.3 is 6.36 Å². The molecule has 5 nitrogen and oxygen atoms in total. The maximum Gasteiger partial charge on any atom is 0.573 e. The highest BCUT2D eigenvalue weighted by Crippen LogP contribution is 2.24. The number of anilines is 1. The zero-order valence-electron chi connectivity index (χ0n) is 12.5. The number of aromatic nitrogens is 2. The second-order valence-electron chi connectivity index (χ2n) is 5.00. The molecule has 2 heterocycles. The van der Waals surface area contributed by atoms with E-state index in [4.69, 9.17) is 0 Å². The first-order valence-corrected chi connectivity index (χ1v) is 6.94. The highest BCUT2D eigenvalue weighted by Gasteiger charge is 2.31. The zero-order chi connectivity index (χ0) is 17.3. The molecule has 1 aromatic carbocycles. The standard InChI is InChI=1S/C16H12F3N3O2/c1-10-14(22-9-3-2-4-13(22)20-10)15(23)21-11-5-7-12(8-6-11)24-16(17,18)19/h2-9H,1H3,(H,21,23). The van der Waals surface area contributed by atoms with E-state index in [1.807, 2.05) is 6.07 Å². The first kappa shape index (κ1) is 15.9. The average Bonchev–Trinajstić information content (AvgIpc) is 2.83. The largest absolute Gasteiger partial charge is 0.573 e. The molecule has 0 fully saturated rings. The Morgan fingerprint density at radius 3 is 2.54 bits per heavy atom. The summed E-state index contributed by atoms with van der Waals surface area (Å²) in [4.78, 5) is 16.7. The third-order valence-electron chi connectivity index (χ3n) is 3.27. The van der Waals surface area contributed by atoms with Crippen molar-refractivity contribution in [1.29, 1.82) is 0 Å². The van der Waals surface area contributed by atoms with E-state index in [1.165, 1.54) is 12.1 Å². The lowest BCUT2D eigenvalue weighted by molar-refractivity contribution is -0.274. The summed E-state index contributed by atoms with van der Waals surface area (Å²) in [6, 6.07) is 10.3. The van der Waals surface area contributed by atoms with Gasteiger partial charge in [0.05, 0.1) is 5.69 Å². The second-order valence-corrected chi connectivity index (χ2v) is 5.00. The summed E-state index contributed by atoms with van der Waals surface area (Å²) in [6.07, 6.45) is -3.04. The minimum Gasteiger partial charge on any atom is -0.406 e. The van der Waals surface area contributed by atoms with Gasteiger partial charge in [-0.1, -0.05) is 6.07 Å². The van der Waals surface area contributed by atoms with Crippen molar-refractivity contribution >= 4 is 17.2 Å². The van der Waals surface area contributed by atoms with Crippen LogP contribution >= 0.6 is 0 Å². The van der Waals surface area contributed by atoms with Crippen LogP contribution in [0.25, 0.3) is 5.65 Å². The van der Waals surface area contributed by atoms with E-state index in [9.17, 15) is 18.0 Å². The van der Waals surface area contributed by atoms with Gasteiger partial charge in [0.1, 0.15) is 17.1 Å². The number of carbonyl (C=O) groups is 1. The molecular weight excluding hydrogens is 323 g/mol. The van der Waals surface area contributed by atoms with Crippen molar-refractivity contribution < 1.29 is 22.7 Å². The van der Waals surface area contributed by atoms with Gasteiger partial charge in [-0.25, -0.2) is 4.98 Å². The van der Waals surface area contributed by atoms with Gasteiger partial charge in [-0.15, -0.1) is 13.2 Å². The summed E-state index contributed by atoms with van der Waals surface area (Å²) < 4.78 is 41.8. The lowest BCUT2D eigenvalue weighted by Gasteiger charge is -2.10. The van der Waals surface area contributed by atoms with Crippen LogP contribution in [-0.4, -0.2) is 21.7 Å². The number of rotatable bonds is 3. The molecule has 0 saturated carbocycles. The summed E-state index contributed by atoms with van der Waals surface area (Å²) in [5, 5.41) is 2.63. The first-order chi connectivity index (χ1) is 11.3. The van der Waals surface area contributed by atoms with Crippen molar-refractivity contribution in [3.05, 3.63) is 60.0 Å². The molecule has 2 aromatic heterocycles. The Morgan fingerprint density at radius 1 is 1.17 bits per heavy atom. The fourth-order valence-corrected chi connectivity index (χ4v) is 2.32. The molecule has 0 atom stereocenters. The monoisotopic (exact) mass is 335 g/mol. The van der Waals surface area contributed by atoms with E-state index in [2.05, 4.69) is 15.0 Å². The van der Waals surface area contributed by atoms with Gasteiger partial charge in [-0.05, 0) is 43.3 Å². The second kappa shape index (κ2) is 5.88. The molecule has 0 unspecified atom stereocenters. The number of amides is 1. The Hall–Kier alpha value is -3.03. The van der Waals surface area contributed by atoms with Crippen LogP contribution in [0.1, 0.15) is 16.2 Å². The molecule has 3 rings (SSSR count). The van der Waals surface area contributed by atoms with Crippen molar-refractivity contribution in [2.24, 2.45) is 0 Å². The number of fused-ring (bicyclic) bond motifs is 1. The number of nitrogens with one attached hydrogen (secondary N) is 1. The fraction of sp³-hybridized carbons (Fsp3) is 0.125. The smallest absolute Gasteiger partial charge is 0.406 e. The Balaban J connectivity index is 1.80. The number of hydrogen-bond donors (Lipinski definition) is 1. The average molecular weight is 335 g/mol. The van der Waals surface area contributed by atoms with E-state index < -0.39 is 12.3 Å². The molecule has 0 aliphatic heterocycles. The highest BCUT2D eigenvalue weighted by molar-refractivity contribution is 6.04. The normalized spacial score (nSPS) is 11.5. The molecule has 0 aliphatic carbocycles. The molecule has 0 bridgehead atoms. The van der Waals surface area contributed by atoms with Crippen LogP contribution in [0.4, 0.5) is 18.9 Å². The van der Waals surface area contributed by atoms with Crippen LogP contribution in [0.5, 0.6) is 5.75 Å². The molecule has 0 radical (unpaired) electrons. The van der Waals surface area contributed by atoms with Crippen LogP contribution in [-0.2, 0) is 0 Å². The maximum absolute atomic E-state index is 12.4. The molecule has 0 saturated heterocycles. The minimum atomic E-state index is -4.75. The number of carbonyl (C=O) groups excluding carboxylic acids is 1. The Bertz CT molecular complexity index is 886. The summed E-state index contributed by atoms with van der Waals surface area (Å²) in [7, 11) is 0. The molecular formula is C16H12F3N3O2. The van der Waals surface area contributed by atoms with E-state index in [1.54, 1.807) is 29.7 Å². The molecule has 8 heteroatoms. The van der Waals surface area contributed by atoms with Gasteiger partial charge in [0.25, 0.3) is 5.91 Å². The summed E-state index contributed by atoms with van der Waals surface area (Å²) in [6.45, 7) is 1.71. The number of hydrogen-bond acceptors (Lipinski definition) is 3. The predicted molar refractivity (Wildman–Crippen MR) is 81.0 cm³/mol. The highest BCUT2D eigenvalue weighted by atomic mass is 19.4. The summed E-state index contributed by atoms with van der Waals surface area (Å²) in [5.41, 5.74) is 1.89. The van der Waals surface area contributed by atoms with E-state index in [0.717, 1.165) is 12.1 Å².